The van der Waals surface area contributed by atoms with Gasteiger partial charge in [-0.25, -0.2) is 14.6 Å². The Morgan fingerprint density at radius 1 is 1.06 bits per heavy atom. The van der Waals surface area contributed by atoms with Gasteiger partial charge in [-0.05, 0) is 55.5 Å². The molecule has 33 heavy (non-hydrogen) atoms. The molecule has 4 rings (SSSR count). The van der Waals surface area contributed by atoms with Crippen molar-refractivity contribution in [3.8, 4) is 0 Å². The number of rotatable bonds is 5. The van der Waals surface area contributed by atoms with Crippen molar-refractivity contribution in [2.45, 2.75) is 32.8 Å². The van der Waals surface area contributed by atoms with Crippen LogP contribution in [0.3, 0.4) is 0 Å². The van der Waals surface area contributed by atoms with Gasteiger partial charge >= 0.3 is 12.0 Å². The molecule has 7 nitrogen and oxygen atoms in total. The molecule has 0 saturated carbocycles. The smallest absolute Gasteiger partial charge is 0.339 e. The van der Waals surface area contributed by atoms with Crippen molar-refractivity contribution in [3.05, 3.63) is 77.0 Å². The van der Waals surface area contributed by atoms with Gasteiger partial charge in [0.1, 0.15) is 0 Å². The molecular weight excluding hydrogens is 418 g/mol. The third-order valence-corrected chi connectivity index (χ3v) is 5.51. The number of nitrogens with one attached hydrogen (secondary N) is 2. The Morgan fingerprint density at radius 2 is 1.79 bits per heavy atom. The molecule has 0 radical (unpaired) electrons. The van der Waals surface area contributed by atoms with E-state index in [-0.39, 0.29) is 0 Å². The van der Waals surface area contributed by atoms with Crippen LogP contribution in [0.5, 0.6) is 0 Å². The zero-order chi connectivity index (χ0) is 23.4. The van der Waals surface area contributed by atoms with E-state index in [1.807, 2.05) is 54.6 Å². The zero-order valence-corrected chi connectivity index (χ0v) is 18.6. The summed E-state index contributed by atoms with van der Waals surface area (Å²) in [6, 6.07) is 16.7. The highest BCUT2D eigenvalue weighted by Crippen LogP contribution is 2.37. The maximum atomic E-state index is 13.3. The number of carbonyl (C=O) groups is 3. The van der Waals surface area contributed by atoms with Gasteiger partial charge in [-0.3, -0.25) is 10.1 Å². The van der Waals surface area contributed by atoms with Gasteiger partial charge in [0, 0.05) is 11.9 Å². The lowest BCUT2D eigenvalue weighted by molar-refractivity contribution is -0.127. The van der Waals surface area contributed by atoms with Crippen molar-refractivity contribution in [3.63, 3.8) is 0 Å². The maximum absolute atomic E-state index is 13.3. The molecule has 1 atom stereocenters. The molecule has 0 aliphatic heterocycles. The summed E-state index contributed by atoms with van der Waals surface area (Å²) in [5.74, 6) is -1.29. The molecule has 1 aromatic heterocycles. The number of pyridine rings is 1. The fourth-order valence-corrected chi connectivity index (χ4v) is 3.95. The number of hydrogen-bond acceptors (Lipinski definition) is 5. The van der Waals surface area contributed by atoms with Crippen LogP contribution in [-0.2, 0) is 16.0 Å². The molecule has 0 spiro atoms. The van der Waals surface area contributed by atoms with E-state index in [0.29, 0.717) is 29.4 Å². The lowest BCUT2D eigenvalue weighted by atomic mass is 10.0. The Labute approximate surface area is 191 Å². The van der Waals surface area contributed by atoms with Crippen LogP contribution >= 0.6 is 0 Å². The molecular formula is C26H25N3O4. The highest BCUT2D eigenvalue weighted by atomic mass is 16.5. The van der Waals surface area contributed by atoms with Gasteiger partial charge in [-0.1, -0.05) is 48.5 Å². The molecule has 7 heteroatoms. The molecule has 3 amide bonds. The molecule has 0 saturated heterocycles. The molecule has 2 N–H and O–H groups in total. The van der Waals surface area contributed by atoms with Crippen molar-refractivity contribution in [1.29, 1.82) is 0 Å². The third kappa shape index (κ3) is 4.77. The van der Waals surface area contributed by atoms with Crippen LogP contribution in [-0.4, -0.2) is 35.5 Å². The Kier molecular flexibility index (Phi) is 6.49. The van der Waals surface area contributed by atoms with Crippen LogP contribution < -0.4 is 10.6 Å². The number of amides is 3. The molecule has 1 heterocycles. The van der Waals surface area contributed by atoms with E-state index in [1.54, 1.807) is 6.92 Å². The van der Waals surface area contributed by atoms with E-state index in [2.05, 4.69) is 16.7 Å². The second-order valence-corrected chi connectivity index (χ2v) is 7.81. The number of benzene rings is 2. The number of imide groups is 1. The number of fused-ring (bicyclic) bond motifs is 2. The lowest BCUT2D eigenvalue weighted by Gasteiger charge is -2.16. The topological polar surface area (TPSA) is 97.4 Å². The normalized spacial score (nSPS) is 14.5. The van der Waals surface area contributed by atoms with E-state index in [4.69, 9.17) is 9.72 Å². The summed E-state index contributed by atoms with van der Waals surface area (Å²) in [7, 11) is 0. The van der Waals surface area contributed by atoms with Crippen LogP contribution in [0.25, 0.3) is 22.6 Å². The molecule has 2 aromatic carbocycles. The van der Waals surface area contributed by atoms with E-state index in [1.165, 1.54) is 6.92 Å². The second kappa shape index (κ2) is 9.65. The zero-order valence-electron chi connectivity index (χ0n) is 18.6. The highest BCUT2D eigenvalue weighted by Gasteiger charge is 2.29. The minimum Gasteiger partial charge on any atom is -0.449 e. The molecule has 0 bridgehead atoms. The van der Waals surface area contributed by atoms with E-state index in [9.17, 15) is 14.4 Å². The van der Waals surface area contributed by atoms with Crippen molar-refractivity contribution in [2.24, 2.45) is 0 Å². The van der Waals surface area contributed by atoms with Crippen molar-refractivity contribution >= 4 is 40.5 Å². The first kappa shape index (κ1) is 22.2. The Hall–Kier alpha value is -4.00. The highest BCUT2D eigenvalue weighted by molar-refractivity contribution is 6.08. The summed E-state index contributed by atoms with van der Waals surface area (Å²) < 4.78 is 5.49. The second-order valence-electron chi connectivity index (χ2n) is 7.81. The molecule has 0 fully saturated rings. The number of carbonyl (C=O) groups excluding carboxylic acids is 3. The van der Waals surface area contributed by atoms with Gasteiger partial charge in [0.25, 0.3) is 5.91 Å². The minimum absolute atomic E-state index is 0.376. The molecule has 3 aromatic rings. The van der Waals surface area contributed by atoms with Crippen LogP contribution in [0.2, 0.25) is 0 Å². The Morgan fingerprint density at radius 3 is 2.55 bits per heavy atom. The predicted molar refractivity (Wildman–Crippen MR) is 126 cm³/mol. The molecule has 1 unspecified atom stereocenters. The monoisotopic (exact) mass is 443 g/mol. The van der Waals surface area contributed by atoms with Crippen LogP contribution in [0.4, 0.5) is 4.79 Å². The van der Waals surface area contributed by atoms with Gasteiger partial charge in [-0.15, -0.1) is 0 Å². The minimum atomic E-state index is -1.14. The van der Waals surface area contributed by atoms with E-state index < -0.39 is 24.0 Å². The first-order valence-electron chi connectivity index (χ1n) is 10.9. The van der Waals surface area contributed by atoms with Gasteiger partial charge in [0.15, 0.2) is 6.10 Å². The number of para-hydroxylation sites is 1. The first-order valence-corrected chi connectivity index (χ1v) is 10.9. The summed E-state index contributed by atoms with van der Waals surface area (Å²) >= 11 is 0. The van der Waals surface area contributed by atoms with Crippen LogP contribution in [0, 0.1) is 0 Å². The van der Waals surface area contributed by atoms with E-state index >= 15 is 0 Å². The first-order chi connectivity index (χ1) is 16.0. The number of esters is 1. The summed E-state index contributed by atoms with van der Waals surface area (Å²) in [6.45, 7) is 3.56. The summed E-state index contributed by atoms with van der Waals surface area (Å²) in [4.78, 5) is 42.0. The third-order valence-electron chi connectivity index (χ3n) is 5.51. The molecule has 1 aliphatic carbocycles. The number of aromatic nitrogens is 1. The predicted octanol–water partition coefficient (Wildman–Crippen LogP) is 4.11. The summed E-state index contributed by atoms with van der Waals surface area (Å²) in [6.07, 6.45) is 2.35. The average molecular weight is 444 g/mol. The molecule has 1 aliphatic rings. The number of nitrogens with zero attached hydrogens (tertiary/aromatic N) is 1. The Bertz CT molecular complexity index is 1250. The quantitative estimate of drug-likeness (QED) is 0.579. The van der Waals surface area contributed by atoms with Gasteiger partial charge < -0.3 is 10.1 Å². The number of allylic oxidation sites excluding steroid dienone is 1. The average Bonchev–Trinajstić information content (AvgIpc) is 3.20. The fraction of sp³-hybridized carbons (Fsp3) is 0.231. The van der Waals surface area contributed by atoms with Gasteiger partial charge in [-0.2, -0.15) is 0 Å². The largest absolute Gasteiger partial charge is 0.449 e. The number of hydrogen-bond donors (Lipinski definition) is 2. The van der Waals surface area contributed by atoms with Gasteiger partial charge in [0.2, 0.25) is 0 Å². The standard InChI is InChI=1S/C26H25N3O4/c1-3-27-26(32)29-24(30)16(2)33-25(31)22-19-11-7-8-12-21(19)28-23-18(13-14-20(22)23)15-17-9-5-4-6-10-17/h4-12,15-16H,3,13-14H2,1-2H3,(H2,27,29,30,32)/b18-15+. The number of ether oxygens (including phenoxy) is 1. The maximum Gasteiger partial charge on any atom is 0.339 e. The van der Waals surface area contributed by atoms with Crippen molar-refractivity contribution < 1.29 is 19.1 Å². The fourth-order valence-electron chi connectivity index (χ4n) is 3.95. The van der Waals surface area contributed by atoms with E-state index in [0.717, 1.165) is 28.8 Å². The van der Waals surface area contributed by atoms with Crippen LogP contribution in [0.1, 0.15) is 47.4 Å². The summed E-state index contributed by atoms with van der Waals surface area (Å²) in [5.41, 5.74) is 4.82. The Balaban J connectivity index is 1.68. The lowest BCUT2D eigenvalue weighted by Crippen LogP contribution is -2.44. The van der Waals surface area contributed by atoms with Gasteiger partial charge in [0.05, 0.1) is 16.8 Å². The van der Waals surface area contributed by atoms with Crippen molar-refractivity contribution in [1.82, 2.24) is 15.6 Å². The SMILES string of the molecule is CCNC(=O)NC(=O)C(C)OC(=O)c1c2c(nc3ccccc13)/C(=C/c1ccccc1)CC2. The summed E-state index contributed by atoms with van der Waals surface area (Å²) in [5, 5.41) is 5.33. The van der Waals surface area contributed by atoms with Crippen LogP contribution in [0.15, 0.2) is 54.6 Å². The van der Waals surface area contributed by atoms with Crippen molar-refractivity contribution in [2.75, 3.05) is 6.54 Å². The number of urea groups is 1. The molecule has 168 valence electrons.